The molecule has 0 aliphatic heterocycles. The first-order chi connectivity index (χ1) is 6.00. The fourth-order valence-corrected chi connectivity index (χ4v) is 1.21. The van der Waals surface area contributed by atoms with E-state index in [1.807, 2.05) is 13.8 Å². The van der Waals surface area contributed by atoms with E-state index < -0.39 is 10.1 Å². The third-order valence-corrected chi connectivity index (χ3v) is 2.01. The summed E-state index contributed by atoms with van der Waals surface area (Å²) in [5.74, 6) is 0. The monoisotopic (exact) mass is 203 g/mol. The zero-order chi connectivity index (χ0) is 10.5. The molecule has 0 fully saturated rings. The van der Waals surface area contributed by atoms with Crippen LogP contribution in [0, 0.1) is 0 Å². The molecule has 1 aromatic rings. The van der Waals surface area contributed by atoms with Crippen molar-refractivity contribution >= 4 is 15.8 Å². The van der Waals surface area contributed by atoms with Crippen LogP contribution in [0.25, 0.3) is 0 Å². The van der Waals surface area contributed by atoms with Crippen molar-refractivity contribution in [1.29, 1.82) is 0 Å². The Morgan fingerprint density at radius 1 is 1.31 bits per heavy atom. The van der Waals surface area contributed by atoms with Crippen LogP contribution in [0.1, 0.15) is 13.8 Å². The highest BCUT2D eigenvalue weighted by molar-refractivity contribution is 7.85. The minimum atomic E-state index is -4.11. The van der Waals surface area contributed by atoms with Gasteiger partial charge in [-0.2, -0.15) is 8.42 Å². The minimum Gasteiger partial charge on any atom is -0.399 e. The van der Waals surface area contributed by atoms with Crippen LogP contribution in [-0.4, -0.2) is 13.0 Å². The molecule has 0 spiro atoms. The van der Waals surface area contributed by atoms with Crippen molar-refractivity contribution in [2.24, 2.45) is 0 Å². The Morgan fingerprint density at radius 3 is 2.15 bits per heavy atom. The highest BCUT2D eigenvalue weighted by Crippen LogP contribution is 2.11. The number of nitrogens with two attached hydrogens (primary N) is 1. The molecule has 3 N–H and O–H groups in total. The zero-order valence-electron chi connectivity index (χ0n) is 7.56. The topological polar surface area (TPSA) is 80.4 Å². The summed E-state index contributed by atoms with van der Waals surface area (Å²) in [6.07, 6.45) is 0. The van der Waals surface area contributed by atoms with Crippen molar-refractivity contribution in [1.82, 2.24) is 0 Å². The average Bonchev–Trinajstić information content (AvgIpc) is 2.06. The number of nitrogen functional groups attached to an aromatic ring is 1. The summed E-state index contributed by atoms with van der Waals surface area (Å²) >= 11 is 0. The molecule has 0 unspecified atom stereocenters. The van der Waals surface area contributed by atoms with Gasteiger partial charge < -0.3 is 5.73 Å². The van der Waals surface area contributed by atoms with E-state index in [9.17, 15) is 8.42 Å². The maximum Gasteiger partial charge on any atom is 0.294 e. The second kappa shape index (κ2) is 4.84. The number of anilines is 1. The molecule has 0 radical (unpaired) electrons. The molecule has 0 bridgehead atoms. The Hall–Kier alpha value is -1.07. The molecule has 0 saturated heterocycles. The predicted octanol–water partition coefficient (Wildman–Crippen LogP) is 1.54. The Labute approximate surface area is 78.1 Å². The summed E-state index contributed by atoms with van der Waals surface area (Å²) in [4.78, 5) is -0.183. The summed E-state index contributed by atoms with van der Waals surface area (Å²) in [5.41, 5.74) is 5.59. The third kappa shape index (κ3) is 3.91. The maximum atomic E-state index is 10.5. The lowest BCUT2D eigenvalue weighted by Gasteiger charge is -1.96. The van der Waals surface area contributed by atoms with Gasteiger partial charge in [-0.25, -0.2) is 0 Å². The quantitative estimate of drug-likeness (QED) is 0.536. The van der Waals surface area contributed by atoms with Crippen LogP contribution in [0.4, 0.5) is 5.69 Å². The van der Waals surface area contributed by atoms with Gasteiger partial charge in [-0.05, 0) is 18.2 Å². The molecule has 0 aromatic heterocycles. The predicted molar refractivity (Wildman–Crippen MR) is 52.0 cm³/mol. The van der Waals surface area contributed by atoms with E-state index in [1.54, 1.807) is 0 Å². The van der Waals surface area contributed by atoms with Gasteiger partial charge in [-0.3, -0.25) is 4.55 Å². The second-order valence-corrected chi connectivity index (χ2v) is 3.47. The van der Waals surface area contributed by atoms with E-state index in [0.717, 1.165) is 0 Å². The van der Waals surface area contributed by atoms with Crippen LogP contribution in [0.15, 0.2) is 29.2 Å². The van der Waals surface area contributed by atoms with Crippen molar-refractivity contribution in [3.05, 3.63) is 24.3 Å². The van der Waals surface area contributed by atoms with Crippen LogP contribution in [0.2, 0.25) is 0 Å². The molecule has 1 aromatic carbocycles. The molecule has 1 rings (SSSR count). The van der Waals surface area contributed by atoms with E-state index in [-0.39, 0.29) is 4.90 Å². The van der Waals surface area contributed by atoms with Crippen molar-refractivity contribution in [2.45, 2.75) is 18.7 Å². The van der Waals surface area contributed by atoms with E-state index >= 15 is 0 Å². The van der Waals surface area contributed by atoms with Gasteiger partial charge in [0.25, 0.3) is 10.1 Å². The van der Waals surface area contributed by atoms with Gasteiger partial charge >= 0.3 is 0 Å². The van der Waals surface area contributed by atoms with Gasteiger partial charge in [-0.1, -0.05) is 19.9 Å². The van der Waals surface area contributed by atoms with Gasteiger partial charge in [0.15, 0.2) is 0 Å². The summed E-state index contributed by atoms with van der Waals surface area (Å²) in [7, 11) is -4.11. The average molecular weight is 203 g/mol. The fourth-order valence-electron chi connectivity index (χ4n) is 0.675. The summed E-state index contributed by atoms with van der Waals surface area (Å²) in [6, 6.07) is 5.45. The van der Waals surface area contributed by atoms with Crippen molar-refractivity contribution in [3.63, 3.8) is 0 Å². The molecule has 5 heteroatoms. The SMILES string of the molecule is CC.Nc1cccc(S(=O)(=O)O)c1. The second-order valence-electron chi connectivity index (χ2n) is 2.05. The summed E-state index contributed by atoms with van der Waals surface area (Å²) in [5, 5.41) is 0. The first-order valence-corrected chi connectivity index (χ1v) is 5.27. The fraction of sp³-hybridized carbons (Fsp3) is 0.250. The number of hydrogen-bond acceptors (Lipinski definition) is 3. The Balaban J connectivity index is 0.000000671. The highest BCUT2D eigenvalue weighted by atomic mass is 32.2. The molecule has 13 heavy (non-hydrogen) atoms. The van der Waals surface area contributed by atoms with Crippen LogP contribution in [-0.2, 0) is 10.1 Å². The molecule has 0 aliphatic carbocycles. The number of benzene rings is 1. The van der Waals surface area contributed by atoms with E-state index in [4.69, 9.17) is 10.3 Å². The van der Waals surface area contributed by atoms with E-state index in [1.165, 1.54) is 24.3 Å². The lowest BCUT2D eigenvalue weighted by Crippen LogP contribution is -1.98. The molecular formula is C8H13NO3S. The highest BCUT2D eigenvalue weighted by Gasteiger charge is 2.07. The van der Waals surface area contributed by atoms with Crippen molar-refractivity contribution < 1.29 is 13.0 Å². The summed E-state index contributed by atoms with van der Waals surface area (Å²) in [6.45, 7) is 4.00. The standard InChI is InChI=1S/C6H7NO3S.C2H6/c7-5-2-1-3-6(4-5)11(8,9)10;1-2/h1-4H,7H2,(H,8,9,10);1-2H3. The smallest absolute Gasteiger partial charge is 0.294 e. The minimum absolute atomic E-state index is 0.183. The van der Waals surface area contributed by atoms with Crippen LogP contribution >= 0.6 is 0 Å². The van der Waals surface area contributed by atoms with Gasteiger partial charge in [0.1, 0.15) is 0 Å². The van der Waals surface area contributed by atoms with Crippen LogP contribution in [0.5, 0.6) is 0 Å². The lowest BCUT2D eigenvalue weighted by atomic mass is 10.3. The van der Waals surface area contributed by atoms with E-state index in [0.29, 0.717) is 5.69 Å². The van der Waals surface area contributed by atoms with Crippen LogP contribution in [0.3, 0.4) is 0 Å². The van der Waals surface area contributed by atoms with Gasteiger partial charge in [0.05, 0.1) is 4.90 Å². The summed E-state index contributed by atoms with van der Waals surface area (Å²) < 4.78 is 29.5. The Morgan fingerprint density at radius 2 is 1.85 bits per heavy atom. The largest absolute Gasteiger partial charge is 0.399 e. The Bertz CT molecular complexity index is 359. The molecule has 0 saturated carbocycles. The maximum absolute atomic E-state index is 10.5. The third-order valence-electron chi connectivity index (χ3n) is 1.16. The molecule has 4 nitrogen and oxygen atoms in total. The van der Waals surface area contributed by atoms with E-state index in [2.05, 4.69) is 0 Å². The van der Waals surface area contributed by atoms with Gasteiger partial charge in [0.2, 0.25) is 0 Å². The lowest BCUT2D eigenvalue weighted by molar-refractivity contribution is 0.483. The van der Waals surface area contributed by atoms with Crippen molar-refractivity contribution in [3.8, 4) is 0 Å². The molecule has 0 amide bonds. The first kappa shape index (κ1) is 11.9. The molecular weight excluding hydrogens is 190 g/mol. The van der Waals surface area contributed by atoms with Gasteiger partial charge in [0, 0.05) is 5.69 Å². The molecule has 0 heterocycles. The Kier molecular flexibility index (Phi) is 4.44. The van der Waals surface area contributed by atoms with Gasteiger partial charge in [-0.15, -0.1) is 0 Å². The van der Waals surface area contributed by atoms with Crippen LogP contribution < -0.4 is 5.73 Å². The van der Waals surface area contributed by atoms with Crippen molar-refractivity contribution in [2.75, 3.05) is 5.73 Å². The normalized spacial score (nSPS) is 10.1. The molecule has 0 aliphatic rings. The number of hydrogen-bond donors (Lipinski definition) is 2. The first-order valence-electron chi connectivity index (χ1n) is 3.83. The number of rotatable bonds is 1. The molecule has 74 valence electrons. The molecule has 0 atom stereocenters. The zero-order valence-corrected chi connectivity index (χ0v) is 8.38.